The Balaban J connectivity index is 1.57. The highest BCUT2D eigenvalue weighted by Gasteiger charge is 2.35. The number of pyridine rings is 1. The number of rotatable bonds is 5. The summed E-state index contributed by atoms with van der Waals surface area (Å²) in [5, 5.41) is 5.93. The summed E-state index contributed by atoms with van der Waals surface area (Å²) in [6.07, 6.45) is 2.37. The molecule has 0 amide bonds. The summed E-state index contributed by atoms with van der Waals surface area (Å²) >= 11 is 1.50. The maximum atomic E-state index is 14.2. The smallest absolute Gasteiger partial charge is 0.246 e. The molecule has 6 nitrogen and oxygen atoms in total. The number of benzene rings is 1. The van der Waals surface area contributed by atoms with Crippen molar-refractivity contribution in [2.75, 3.05) is 18.4 Å². The topological polar surface area (TPSA) is 75.2 Å². The minimum atomic E-state index is -3.89. The van der Waals surface area contributed by atoms with Gasteiger partial charge in [0.15, 0.2) is 5.13 Å². The fourth-order valence-corrected chi connectivity index (χ4v) is 5.72. The van der Waals surface area contributed by atoms with Crippen molar-refractivity contribution in [1.82, 2.24) is 14.3 Å². The van der Waals surface area contributed by atoms with Crippen molar-refractivity contribution in [3.05, 3.63) is 64.7 Å². The molecule has 1 N–H and O–H groups in total. The molecular weight excluding hydrogens is 411 g/mol. The molecule has 1 atom stereocenters. The van der Waals surface area contributed by atoms with Crippen molar-refractivity contribution >= 4 is 32.2 Å². The molecule has 152 valence electrons. The van der Waals surface area contributed by atoms with Crippen LogP contribution in [0.15, 0.2) is 46.8 Å². The van der Waals surface area contributed by atoms with Gasteiger partial charge in [-0.2, -0.15) is 4.31 Å². The lowest BCUT2D eigenvalue weighted by Crippen LogP contribution is -2.29. The zero-order chi connectivity index (χ0) is 20.6. The third-order valence-corrected chi connectivity index (χ3v) is 7.50. The van der Waals surface area contributed by atoms with Crippen LogP contribution in [0.2, 0.25) is 0 Å². The highest BCUT2D eigenvalue weighted by molar-refractivity contribution is 7.89. The summed E-state index contributed by atoms with van der Waals surface area (Å²) in [5.41, 5.74) is 3.24. The molecule has 0 spiro atoms. The lowest BCUT2D eigenvalue weighted by Gasteiger charge is -2.18. The van der Waals surface area contributed by atoms with Gasteiger partial charge < -0.3 is 5.32 Å². The molecule has 1 unspecified atom stereocenters. The first-order chi connectivity index (χ1) is 13.8. The third-order valence-electron chi connectivity index (χ3n) is 4.93. The molecule has 3 heterocycles. The Hall–Kier alpha value is -2.36. The van der Waals surface area contributed by atoms with Gasteiger partial charge in [0.2, 0.25) is 10.0 Å². The fourth-order valence-electron chi connectivity index (χ4n) is 3.52. The number of thiazole rings is 1. The number of anilines is 2. The van der Waals surface area contributed by atoms with Gasteiger partial charge in [-0.05, 0) is 50.1 Å². The van der Waals surface area contributed by atoms with Gasteiger partial charge in [-0.1, -0.05) is 6.07 Å². The molecule has 0 bridgehead atoms. The van der Waals surface area contributed by atoms with E-state index in [2.05, 4.69) is 15.3 Å². The van der Waals surface area contributed by atoms with Gasteiger partial charge in [-0.15, -0.1) is 11.3 Å². The number of hydrogen-bond donors (Lipinski definition) is 1. The number of aromatic nitrogens is 2. The monoisotopic (exact) mass is 432 g/mol. The molecular formula is C20H21FN4O2S2. The standard InChI is InChI=1S/C20H21FN4O2S2/c1-13-3-4-17(21)19(9-13)29(26,27)25-7-5-15(12-25)18-11-16(10-14(2)23-18)24-20-22-6-8-28-20/h3-4,6,8-11,15H,5,7,12H2,1-2H3,(H,22,23,24). The van der Waals surface area contributed by atoms with Crippen molar-refractivity contribution in [3.63, 3.8) is 0 Å². The highest BCUT2D eigenvalue weighted by Crippen LogP contribution is 2.33. The van der Waals surface area contributed by atoms with E-state index in [1.165, 1.54) is 27.8 Å². The van der Waals surface area contributed by atoms with Gasteiger partial charge in [-0.3, -0.25) is 4.98 Å². The van der Waals surface area contributed by atoms with E-state index in [1.807, 2.05) is 24.4 Å². The van der Waals surface area contributed by atoms with Gasteiger partial charge >= 0.3 is 0 Å². The quantitative estimate of drug-likeness (QED) is 0.654. The molecule has 1 fully saturated rings. The second-order valence-electron chi connectivity index (χ2n) is 7.17. The Bertz CT molecular complexity index is 1130. The minimum Gasteiger partial charge on any atom is -0.331 e. The normalized spacial score (nSPS) is 17.6. The van der Waals surface area contributed by atoms with Crippen LogP contribution in [-0.4, -0.2) is 35.8 Å². The lowest BCUT2D eigenvalue weighted by molar-refractivity contribution is 0.464. The first-order valence-electron chi connectivity index (χ1n) is 9.24. The predicted octanol–water partition coefficient (Wildman–Crippen LogP) is 4.22. The molecule has 0 aliphatic carbocycles. The Morgan fingerprint density at radius 1 is 1.24 bits per heavy atom. The van der Waals surface area contributed by atoms with Crippen LogP contribution in [0.4, 0.5) is 15.2 Å². The van der Waals surface area contributed by atoms with E-state index in [-0.39, 0.29) is 17.4 Å². The van der Waals surface area contributed by atoms with Crippen LogP contribution in [0.1, 0.15) is 29.3 Å². The maximum Gasteiger partial charge on any atom is 0.246 e. The van der Waals surface area contributed by atoms with Gasteiger partial charge in [0, 0.05) is 47.7 Å². The van der Waals surface area contributed by atoms with Gasteiger partial charge in [-0.25, -0.2) is 17.8 Å². The zero-order valence-electron chi connectivity index (χ0n) is 16.1. The summed E-state index contributed by atoms with van der Waals surface area (Å²) in [6, 6.07) is 8.01. The zero-order valence-corrected chi connectivity index (χ0v) is 17.7. The lowest BCUT2D eigenvalue weighted by atomic mass is 10.0. The van der Waals surface area contributed by atoms with Gasteiger partial charge in [0.05, 0.1) is 0 Å². The van der Waals surface area contributed by atoms with Crippen molar-refractivity contribution in [2.24, 2.45) is 0 Å². The minimum absolute atomic E-state index is 0.0469. The van der Waals surface area contributed by atoms with Crippen LogP contribution < -0.4 is 5.32 Å². The number of halogens is 1. The Morgan fingerprint density at radius 2 is 2.07 bits per heavy atom. The van der Waals surface area contributed by atoms with E-state index < -0.39 is 15.8 Å². The molecule has 1 aliphatic rings. The van der Waals surface area contributed by atoms with E-state index in [0.29, 0.717) is 18.5 Å². The number of sulfonamides is 1. The van der Waals surface area contributed by atoms with E-state index >= 15 is 0 Å². The summed E-state index contributed by atoms with van der Waals surface area (Å²) in [4.78, 5) is 8.58. The molecule has 0 radical (unpaired) electrons. The van der Waals surface area contributed by atoms with Crippen LogP contribution in [-0.2, 0) is 10.0 Å². The Morgan fingerprint density at radius 3 is 2.83 bits per heavy atom. The van der Waals surface area contributed by atoms with E-state index in [4.69, 9.17) is 0 Å². The van der Waals surface area contributed by atoms with Crippen LogP contribution in [0, 0.1) is 19.7 Å². The van der Waals surface area contributed by atoms with Crippen LogP contribution in [0.3, 0.4) is 0 Å². The van der Waals surface area contributed by atoms with Gasteiger partial charge in [0.1, 0.15) is 10.7 Å². The van der Waals surface area contributed by atoms with E-state index in [0.717, 1.165) is 22.2 Å². The molecule has 2 aromatic heterocycles. The average molecular weight is 433 g/mol. The number of nitrogens with one attached hydrogen (secondary N) is 1. The first-order valence-corrected chi connectivity index (χ1v) is 11.6. The van der Waals surface area contributed by atoms with Crippen LogP contribution in [0.5, 0.6) is 0 Å². The van der Waals surface area contributed by atoms with Gasteiger partial charge in [0.25, 0.3) is 0 Å². The molecule has 29 heavy (non-hydrogen) atoms. The summed E-state index contributed by atoms with van der Waals surface area (Å²) in [5.74, 6) is -0.767. The molecule has 0 saturated carbocycles. The fraction of sp³-hybridized carbons (Fsp3) is 0.300. The van der Waals surface area contributed by atoms with Crippen molar-refractivity contribution in [2.45, 2.75) is 31.1 Å². The summed E-state index contributed by atoms with van der Waals surface area (Å²) in [7, 11) is -3.89. The molecule has 3 aromatic rings. The average Bonchev–Trinajstić information content (AvgIpc) is 3.35. The summed E-state index contributed by atoms with van der Waals surface area (Å²) < 4.78 is 41.5. The molecule has 1 saturated heterocycles. The molecule has 1 aliphatic heterocycles. The summed E-state index contributed by atoms with van der Waals surface area (Å²) in [6.45, 7) is 4.27. The van der Waals surface area contributed by atoms with Crippen LogP contribution >= 0.6 is 11.3 Å². The van der Waals surface area contributed by atoms with Crippen molar-refractivity contribution < 1.29 is 12.8 Å². The second kappa shape index (κ2) is 7.81. The van der Waals surface area contributed by atoms with E-state index in [1.54, 1.807) is 19.2 Å². The van der Waals surface area contributed by atoms with Crippen molar-refractivity contribution in [1.29, 1.82) is 0 Å². The largest absolute Gasteiger partial charge is 0.331 e. The predicted molar refractivity (Wildman–Crippen MR) is 112 cm³/mol. The number of aryl methyl sites for hydroxylation is 2. The first kappa shape index (κ1) is 19.9. The van der Waals surface area contributed by atoms with E-state index in [9.17, 15) is 12.8 Å². The Labute approximate surface area is 173 Å². The highest BCUT2D eigenvalue weighted by atomic mass is 32.2. The molecule has 4 rings (SSSR count). The SMILES string of the molecule is Cc1ccc(F)c(S(=O)(=O)N2CCC(c3cc(Nc4nccs4)cc(C)n3)C2)c1. The number of hydrogen-bond acceptors (Lipinski definition) is 6. The number of nitrogens with zero attached hydrogens (tertiary/aromatic N) is 3. The molecule has 9 heteroatoms. The Kier molecular flexibility index (Phi) is 5.37. The molecule has 1 aromatic carbocycles. The van der Waals surface area contributed by atoms with Crippen molar-refractivity contribution in [3.8, 4) is 0 Å². The maximum absolute atomic E-state index is 14.2. The second-order valence-corrected chi connectivity index (χ2v) is 9.97. The third kappa shape index (κ3) is 4.17. The van der Waals surface area contributed by atoms with Crippen LogP contribution in [0.25, 0.3) is 0 Å².